The summed E-state index contributed by atoms with van der Waals surface area (Å²) >= 11 is 0. The zero-order valence-corrected chi connectivity index (χ0v) is 16.7. The summed E-state index contributed by atoms with van der Waals surface area (Å²) in [4.78, 5) is 1.72. The van der Waals surface area contributed by atoms with Crippen LogP contribution in [0.1, 0.15) is 48.9 Å². The molecule has 1 fully saturated rings. The molecule has 2 nitrogen and oxygen atoms in total. The zero-order chi connectivity index (χ0) is 19.5. The summed E-state index contributed by atoms with van der Waals surface area (Å²) in [6.07, 6.45) is -8.64. The molecule has 0 bridgehead atoms. The molecule has 0 spiro atoms. The number of benzene rings is 1. The van der Waals surface area contributed by atoms with Gasteiger partial charge in [-0.05, 0) is 18.6 Å². The predicted molar refractivity (Wildman–Crippen MR) is 97.6 cm³/mol. The highest BCUT2D eigenvalue weighted by atomic mass is 35.5. The lowest BCUT2D eigenvalue weighted by molar-refractivity contribution is -0.144. The van der Waals surface area contributed by atoms with Crippen molar-refractivity contribution >= 4 is 24.8 Å². The van der Waals surface area contributed by atoms with Crippen molar-refractivity contribution in [2.45, 2.75) is 44.6 Å². The molecule has 1 aromatic carbocycles. The van der Waals surface area contributed by atoms with Gasteiger partial charge >= 0.3 is 12.4 Å². The molecule has 28 heavy (non-hydrogen) atoms. The molecule has 1 N–H and O–H groups in total. The van der Waals surface area contributed by atoms with Gasteiger partial charge in [0.1, 0.15) is 5.82 Å². The minimum Gasteiger partial charge on any atom is -0.314 e. The summed E-state index contributed by atoms with van der Waals surface area (Å²) in [5.41, 5.74) is -3.84. The van der Waals surface area contributed by atoms with Gasteiger partial charge in [0.25, 0.3) is 0 Å². The Hall–Kier alpha value is -0.770. The lowest BCUT2D eigenvalue weighted by Crippen LogP contribution is -2.45. The molecular weight excluding hydrogens is 436 g/mol. The van der Waals surface area contributed by atoms with E-state index in [0.717, 1.165) is 0 Å². The van der Waals surface area contributed by atoms with Gasteiger partial charge in [-0.3, -0.25) is 4.90 Å². The Balaban J connectivity index is 0.00000364. The van der Waals surface area contributed by atoms with Gasteiger partial charge < -0.3 is 5.32 Å². The fourth-order valence-electron chi connectivity index (χ4n) is 3.26. The molecular formula is C17H23Cl2F7N2. The van der Waals surface area contributed by atoms with E-state index >= 15 is 0 Å². The average Bonchev–Trinajstić information content (AvgIpc) is 2.55. The maximum absolute atomic E-state index is 14.6. The Morgan fingerprint density at radius 2 is 1.57 bits per heavy atom. The van der Waals surface area contributed by atoms with Crippen molar-refractivity contribution in [1.29, 1.82) is 0 Å². The van der Waals surface area contributed by atoms with Crippen LogP contribution < -0.4 is 5.32 Å². The van der Waals surface area contributed by atoms with E-state index in [-0.39, 0.29) is 43.4 Å². The molecule has 2 rings (SSSR count). The largest absolute Gasteiger partial charge is 0.416 e. The van der Waals surface area contributed by atoms with Crippen LogP contribution in [0.3, 0.4) is 0 Å². The monoisotopic (exact) mass is 458 g/mol. The molecule has 1 aliphatic rings. The van der Waals surface area contributed by atoms with Gasteiger partial charge in [-0.15, -0.1) is 24.8 Å². The molecule has 1 aromatic rings. The normalized spacial score (nSPS) is 16.9. The van der Waals surface area contributed by atoms with Crippen molar-refractivity contribution < 1.29 is 30.7 Å². The number of piperazine rings is 1. The van der Waals surface area contributed by atoms with Crippen LogP contribution >= 0.6 is 24.8 Å². The van der Waals surface area contributed by atoms with Crippen molar-refractivity contribution in [3.8, 4) is 0 Å². The third-order valence-electron chi connectivity index (χ3n) is 4.52. The summed E-state index contributed by atoms with van der Waals surface area (Å²) in [7, 11) is 0. The lowest BCUT2D eigenvalue weighted by Gasteiger charge is -2.36. The van der Waals surface area contributed by atoms with Crippen LogP contribution in [0, 0.1) is 5.82 Å². The van der Waals surface area contributed by atoms with Crippen molar-refractivity contribution in [2.24, 2.45) is 0 Å². The highest BCUT2D eigenvalue weighted by Gasteiger charge is 2.42. The Kier molecular flexibility index (Phi) is 10.6. The number of halogens is 9. The maximum Gasteiger partial charge on any atom is 0.416 e. The quantitative estimate of drug-likeness (QED) is 0.557. The molecule has 11 heteroatoms. The number of nitrogens with zero attached hydrogens (tertiary/aromatic N) is 1. The third kappa shape index (κ3) is 6.64. The first kappa shape index (κ1) is 27.2. The number of alkyl halides is 6. The Labute approximate surface area is 171 Å². The van der Waals surface area contributed by atoms with E-state index in [4.69, 9.17) is 0 Å². The Morgan fingerprint density at radius 3 is 2.04 bits per heavy atom. The highest BCUT2D eigenvalue weighted by Crippen LogP contribution is 2.43. The molecule has 1 atom stereocenters. The van der Waals surface area contributed by atoms with Crippen molar-refractivity contribution in [2.75, 3.05) is 26.2 Å². The summed E-state index contributed by atoms with van der Waals surface area (Å²) in [5.74, 6) is -1.45. The minimum absolute atomic E-state index is 0. The Bertz CT molecular complexity index is 615. The first-order valence-electron chi connectivity index (χ1n) is 8.48. The minimum atomic E-state index is -5.07. The van der Waals surface area contributed by atoms with Crippen LogP contribution in [0.5, 0.6) is 0 Å². The second-order valence-corrected chi connectivity index (χ2v) is 6.36. The van der Waals surface area contributed by atoms with Crippen LogP contribution in [-0.2, 0) is 12.4 Å². The van der Waals surface area contributed by atoms with Gasteiger partial charge in [0.2, 0.25) is 0 Å². The van der Waals surface area contributed by atoms with Crippen LogP contribution in [-0.4, -0.2) is 31.1 Å². The molecule has 1 aliphatic heterocycles. The van der Waals surface area contributed by atoms with Crippen molar-refractivity contribution in [1.82, 2.24) is 10.2 Å². The van der Waals surface area contributed by atoms with E-state index in [1.807, 2.05) is 6.92 Å². The van der Waals surface area contributed by atoms with Crippen LogP contribution in [0.4, 0.5) is 30.7 Å². The average molecular weight is 459 g/mol. The SMILES string of the molecule is CCCC[C@H](c1c(F)cc(C(F)(F)F)cc1C(F)(F)F)N1CCNCC1.Cl.Cl. The molecule has 1 heterocycles. The van der Waals surface area contributed by atoms with E-state index in [1.54, 1.807) is 4.90 Å². The maximum atomic E-state index is 14.6. The molecule has 0 unspecified atom stereocenters. The number of nitrogens with one attached hydrogen (secondary N) is 1. The Morgan fingerprint density at radius 1 is 1.00 bits per heavy atom. The topological polar surface area (TPSA) is 15.3 Å². The number of hydrogen-bond donors (Lipinski definition) is 1. The van der Waals surface area contributed by atoms with E-state index in [2.05, 4.69) is 5.32 Å². The number of rotatable bonds is 5. The molecule has 0 amide bonds. The van der Waals surface area contributed by atoms with Crippen LogP contribution in [0.25, 0.3) is 0 Å². The predicted octanol–water partition coefficient (Wildman–Crippen LogP) is 5.84. The fraction of sp³-hybridized carbons (Fsp3) is 0.647. The van der Waals surface area contributed by atoms with E-state index in [1.165, 1.54) is 0 Å². The van der Waals surface area contributed by atoms with E-state index in [0.29, 0.717) is 39.0 Å². The molecule has 0 aliphatic carbocycles. The molecule has 0 radical (unpaired) electrons. The first-order valence-corrected chi connectivity index (χ1v) is 8.48. The second kappa shape index (κ2) is 10.8. The van der Waals surface area contributed by atoms with Gasteiger partial charge in [0, 0.05) is 37.8 Å². The molecule has 164 valence electrons. The van der Waals surface area contributed by atoms with Gasteiger partial charge in [0.15, 0.2) is 0 Å². The summed E-state index contributed by atoms with van der Waals surface area (Å²) in [5, 5.41) is 3.06. The standard InChI is InChI=1S/C17H21F7N2.2ClH/c1-2-3-4-14(26-7-5-25-6-8-26)15-12(17(22,23)24)9-11(10-13(15)18)16(19,20)21;;/h9-10,14,25H,2-8H2,1H3;2*1H/t14-;;/m1../s1. The third-order valence-corrected chi connectivity index (χ3v) is 4.52. The summed E-state index contributed by atoms with van der Waals surface area (Å²) in [6.45, 7) is 3.74. The number of unbranched alkanes of at least 4 members (excludes halogenated alkanes) is 1. The lowest BCUT2D eigenvalue weighted by atomic mass is 9.91. The zero-order valence-electron chi connectivity index (χ0n) is 15.1. The molecule has 1 saturated heterocycles. The second-order valence-electron chi connectivity index (χ2n) is 6.36. The van der Waals surface area contributed by atoms with Crippen molar-refractivity contribution in [3.63, 3.8) is 0 Å². The van der Waals surface area contributed by atoms with E-state index in [9.17, 15) is 30.7 Å². The van der Waals surface area contributed by atoms with Gasteiger partial charge in [0.05, 0.1) is 11.1 Å². The van der Waals surface area contributed by atoms with Crippen LogP contribution in [0.2, 0.25) is 0 Å². The first-order chi connectivity index (χ1) is 12.1. The highest BCUT2D eigenvalue weighted by molar-refractivity contribution is 5.85. The van der Waals surface area contributed by atoms with Crippen LogP contribution in [0.15, 0.2) is 12.1 Å². The number of hydrogen-bond acceptors (Lipinski definition) is 2. The van der Waals surface area contributed by atoms with Gasteiger partial charge in [-0.2, -0.15) is 26.3 Å². The fourth-order valence-corrected chi connectivity index (χ4v) is 3.26. The summed E-state index contributed by atoms with van der Waals surface area (Å²) in [6, 6.07) is -0.707. The summed E-state index contributed by atoms with van der Waals surface area (Å²) < 4.78 is 93.6. The van der Waals surface area contributed by atoms with Gasteiger partial charge in [-0.25, -0.2) is 4.39 Å². The van der Waals surface area contributed by atoms with Gasteiger partial charge in [-0.1, -0.05) is 19.8 Å². The van der Waals surface area contributed by atoms with Crippen molar-refractivity contribution in [3.05, 3.63) is 34.6 Å². The molecule has 0 saturated carbocycles. The van der Waals surface area contributed by atoms with E-state index < -0.39 is 40.9 Å². The smallest absolute Gasteiger partial charge is 0.314 e. The molecule has 0 aromatic heterocycles.